The number of nitrogens with two attached hydrogens (primary N) is 1. The lowest BCUT2D eigenvalue weighted by molar-refractivity contribution is -0.616. The minimum atomic E-state index is -0.0303. The highest BCUT2D eigenvalue weighted by molar-refractivity contribution is 5.74. The maximum absolute atomic E-state index is 11.6. The molecule has 0 radical (unpaired) electrons. The van der Waals surface area contributed by atoms with Crippen molar-refractivity contribution in [2.75, 3.05) is 5.84 Å². The van der Waals surface area contributed by atoms with Gasteiger partial charge < -0.3 is 0 Å². The molecule has 0 saturated carbocycles. The van der Waals surface area contributed by atoms with Crippen molar-refractivity contribution in [1.29, 1.82) is 0 Å². The van der Waals surface area contributed by atoms with Gasteiger partial charge in [-0.1, -0.05) is 12.1 Å². The van der Waals surface area contributed by atoms with E-state index >= 15 is 0 Å². The van der Waals surface area contributed by atoms with Crippen molar-refractivity contribution in [3.8, 4) is 0 Å². The van der Waals surface area contributed by atoms with Crippen LogP contribution in [0.1, 0.15) is 0 Å². The lowest BCUT2D eigenvalue weighted by atomic mass is 10.2. The van der Waals surface area contributed by atoms with Gasteiger partial charge in [-0.25, -0.2) is 4.79 Å². The summed E-state index contributed by atoms with van der Waals surface area (Å²) in [7, 11) is 1.68. The van der Waals surface area contributed by atoms with E-state index in [2.05, 4.69) is 0 Å². The summed E-state index contributed by atoms with van der Waals surface area (Å²) < 4.78 is 2.90. The molecule has 1 aromatic carbocycles. The van der Waals surface area contributed by atoms with Gasteiger partial charge >= 0.3 is 5.56 Å². The summed E-state index contributed by atoms with van der Waals surface area (Å²) in [6.07, 6.45) is 1.56. The van der Waals surface area contributed by atoms with Crippen molar-refractivity contribution in [3.63, 3.8) is 0 Å². The Morgan fingerprint density at radius 3 is 2.85 bits per heavy atom. The Hall–Kier alpha value is -1.84. The molecule has 2 N–H and O–H groups in total. The Balaban J connectivity index is 3.06. The van der Waals surface area contributed by atoms with E-state index in [0.29, 0.717) is 5.39 Å². The van der Waals surface area contributed by atoms with Crippen LogP contribution in [0.4, 0.5) is 0 Å². The third-order valence-corrected chi connectivity index (χ3v) is 2.03. The second kappa shape index (κ2) is 2.58. The van der Waals surface area contributed by atoms with Crippen LogP contribution in [0.25, 0.3) is 10.9 Å². The highest BCUT2D eigenvalue weighted by Gasteiger charge is 2.08. The van der Waals surface area contributed by atoms with Gasteiger partial charge in [0.05, 0.1) is 7.05 Å². The molecule has 4 heteroatoms. The van der Waals surface area contributed by atoms with Gasteiger partial charge in [0, 0.05) is 0 Å². The summed E-state index contributed by atoms with van der Waals surface area (Å²) in [5, 5.41) is 0.634. The minimum Gasteiger partial charge on any atom is -0.269 e. The zero-order chi connectivity index (χ0) is 9.42. The van der Waals surface area contributed by atoms with Crippen molar-refractivity contribution in [3.05, 3.63) is 40.9 Å². The predicted octanol–water partition coefficient (Wildman–Crippen LogP) is -0.460. The van der Waals surface area contributed by atoms with Crippen LogP contribution in [0.2, 0.25) is 0 Å². The normalized spacial score (nSPS) is 10.5. The molecule has 0 aliphatic heterocycles. The van der Waals surface area contributed by atoms with Gasteiger partial charge in [0.15, 0.2) is 5.52 Å². The molecular formula is C9H10N3O+. The topological polar surface area (TPSA) is 51.9 Å². The van der Waals surface area contributed by atoms with Crippen LogP contribution in [-0.4, -0.2) is 4.57 Å². The van der Waals surface area contributed by atoms with E-state index < -0.39 is 0 Å². The standard InChI is InChI=1S/C9H10N3O/c1-11-6-12(10)8-5-3-2-4-7(8)9(11)13/h2-6H,10H2,1H3/q+1. The summed E-state index contributed by atoms with van der Waals surface area (Å²) in [6.45, 7) is 0. The first-order chi connectivity index (χ1) is 6.20. The second-order valence-corrected chi connectivity index (χ2v) is 2.96. The van der Waals surface area contributed by atoms with Crippen LogP contribution in [0.5, 0.6) is 0 Å². The van der Waals surface area contributed by atoms with E-state index in [-0.39, 0.29) is 5.56 Å². The highest BCUT2D eigenvalue weighted by Crippen LogP contribution is 2.01. The number of nitrogen functional groups attached to an aromatic ring is 1. The lowest BCUT2D eigenvalue weighted by Gasteiger charge is -1.98. The third kappa shape index (κ3) is 1.07. The number of rotatable bonds is 0. The predicted molar refractivity (Wildman–Crippen MR) is 49.5 cm³/mol. The van der Waals surface area contributed by atoms with Crippen molar-refractivity contribution >= 4 is 10.9 Å². The number of hydrogen-bond donors (Lipinski definition) is 1. The number of benzene rings is 1. The van der Waals surface area contributed by atoms with E-state index in [0.717, 1.165) is 5.52 Å². The van der Waals surface area contributed by atoms with Crippen LogP contribution in [0.3, 0.4) is 0 Å². The van der Waals surface area contributed by atoms with E-state index in [9.17, 15) is 4.79 Å². The molecule has 2 aromatic rings. The number of para-hydroxylation sites is 1. The summed E-state index contributed by atoms with van der Waals surface area (Å²) in [4.78, 5) is 11.6. The SMILES string of the molecule is Cn1c[n+](N)c2ccccc2c1=O. The van der Waals surface area contributed by atoms with Crippen molar-refractivity contribution in [2.45, 2.75) is 0 Å². The van der Waals surface area contributed by atoms with E-state index in [1.807, 2.05) is 18.2 Å². The maximum atomic E-state index is 11.6. The lowest BCUT2D eigenvalue weighted by Crippen LogP contribution is -2.48. The zero-order valence-corrected chi connectivity index (χ0v) is 7.27. The van der Waals surface area contributed by atoms with Gasteiger partial charge in [0.25, 0.3) is 6.33 Å². The Bertz CT molecular complexity index is 516. The molecule has 0 saturated heterocycles. The first kappa shape index (κ1) is 7.79. The van der Waals surface area contributed by atoms with Crippen LogP contribution in [0, 0.1) is 0 Å². The van der Waals surface area contributed by atoms with Gasteiger partial charge in [-0.15, -0.1) is 4.68 Å². The summed E-state index contributed by atoms with van der Waals surface area (Å²) in [5.74, 6) is 5.68. The molecule has 0 aliphatic rings. The molecular weight excluding hydrogens is 166 g/mol. The fourth-order valence-electron chi connectivity index (χ4n) is 1.37. The van der Waals surface area contributed by atoms with Gasteiger partial charge in [-0.2, -0.15) is 4.57 Å². The summed E-state index contributed by atoms with van der Waals surface area (Å²) >= 11 is 0. The minimum absolute atomic E-state index is 0.0303. The van der Waals surface area contributed by atoms with Crippen LogP contribution < -0.4 is 16.1 Å². The quantitative estimate of drug-likeness (QED) is 0.436. The van der Waals surface area contributed by atoms with Gasteiger partial charge in [-0.3, -0.25) is 5.84 Å². The molecule has 2 rings (SSSR count). The Morgan fingerprint density at radius 1 is 1.38 bits per heavy atom. The number of nitrogens with zero attached hydrogens (tertiary/aromatic N) is 2. The van der Waals surface area contributed by atoms with Crippen molar-refractivity contribution < 1.29 is 4.68 Å². The summed E-state index contributed by atoms with van der Waals surface area (Å²) in [6, 6.07) is 7.26. The van der Waals surface area contributed by atoms with Crippen molar-refractivity contribution in [2.24, 2.45) is 7.05 Å². The smallest absolute Gasteiger partial charge is 0.269 e. The molecule has 13 heavy (non-hydrogen) atoms. The molecule has 1 heterocycles. The van der Waals surface area contributed by atoms with Gasteiger partial charge in [0.2, 0.25) is 0 Å². The zero-order valence-electron chi connectivity index (χ0n) is 7.27. The Labute approximate surface area is 74.8 Å². The van der Waals surface area contributed by atoms with E-state index in [4.69, 9.17) is 5.84 Å². The monoisotopic (exact) mass is 176 g/mol. The fourth-order valence-corrected chi connectivity index (χ4v) is 1.37. The average molecular weight is 176 g/mol. The Morgan fingerprint density at radius 2 is 2.08 bits per heavy atom. The molecule has 0 aliphatic carbocycles. The molecule has 0 bridgehead atoms. The first-order valence-electron chi connectivity index (χ1n) is 3.95. The highest BCUT2D eigenvalue weighted by atomic mass is 16.1. The van der Waals surface area contributed by atoms with Crippen LogP contribution in [-0.2, 0) is 7.05 Å². The maximum Gasteiger partial charge on any atom is 0.344 e. The van der Waals surface area contributed by atoms with E-state index in [1.165, 1.54) is 9.24 Å². The average Bonchev–Trinajstić information content (AvgIpc) is 2.15. The number of aryl methyl sites for hydroxylation is 1. The molecule has 4 nitrogen and oxygen atoms in total. The molecule has 66 valence electrons. The molecule has 1 aromatic heterocycles. The molecule has 0 atom stereocenters. The fraction of sp³-hybridized carbons (Fsp3) is 0.111. The summed E-state index contributed by atoms with van der Waals surface area (Å²) in [5.41, 5.74) is 0.711. The number of aromatic nitrogens is 2. The molecule has 0 unspecified atom stereocenters. The number of hydrogen-bond acceptors (Lipinski definition) is 2. The molecule has 0 amide bonds. The molecule has 0 fully saturated rings. The van der Waals surface area contributed by atoms with Gasteiger partial charge in [0.1, 0.15) is 5.39 Å². The Kier molecular flexibility index (Phi) is 1.55. The van der Waals surface area contributed by atoms with E-state index in [1.54, 1.807) is 19.4 Å². The third-order valence-electron chi connectivity index (χ3n) is 2.03. The number of fused-ring (bicyclic) bond motifs is 1. The molecule has 0 spiro atoms. The van der Waals surface area contributed by atoms with Crippen LogP contribution in [0.15, 0.2) is 35.4 Å². The largest absolute Gasteiger partial charge is 0.344 e. The first-order valence-corrected chi connectivity index (χ1v) is 3.95. The van der Waals surface area contributed by atoms with Gasteiger partial charge in [-0.05, 0) is 12.1 Å². The second-order valence-electron chi connectivity index (χ2n) is 2.96. The van der Waals surface area contributed by atoms with Crippen molar-refractivity contribution in [1.82, 2.24) is 4.57 Å². The van der Waals surface area contributed by atoms with Crippen LogP contribution >= 0.6 is 0 Å².